The normalized spacial score (nSPS) is 32.1. The first-order chi connectivity index (χ1) is 8.45. The zero-order valence-electron chi connectivity index (χ0n) is 11.4. The number of hydrogen-bond donors (Lipinski definition) is 1. The van der Waals surface area contributed by atoms with Gasteiger partial charge in [-0.1, -0.05) is 12.8 Å². The average Bonchev–Trinajstić information content (AvgIpc) is 2.15. The summed E-state index contributed by atoms with van der Waals surface area (Å²) in [5.74, 6) is -0.0867. The molecule has 0 heterocycles. The molecule has 2 bridgehead atoms. The highest BCUT2D eigenvalue weighted by molar-refractivity contribution is 5.74. The van der Waals surface area contributed by atoms with Gasteiger partial charge >= 0.3 is 5.97 Å². The average molecular weight is 253 g/mol. The fourth-order valence-corrected chi connectivity index (χ4v) is 3.76. The second-order valence-electron chi connectivity index (χ2n) is 6.14. The molecular formula is C14H23NO3. The van der Waals surface area contributed by atoms with Gasteiger partial charge in [0.25, 0.3) is 0 Å². The molecule has 3 aliphatic carbocycles. The third-order valence-corrected chi connectivity index (χ3v) is 4.24. The fourth-order valence-electron chi connectivity index (χ4n) is 3.76. The number of amides is 1. The first kappa shape index (κ1) is 13.4. The summed E-state index contributed by atoms with van der Waals surface area (Å²) in [5.41, 5.74) is 0.702. The molecule has 0 atom stereocenters. The monoisotopic (exact) mass is 253 g/mol. The van der Waals surface area contributed by atoms with Gasteiger partial charge in [-0.15, -0.1) is 0 Å². The van der Waals surface area contributed by atoms with Crippen molar-refractivity contribution in [2.24, 2.45) is 5.41 Å². The third-order valence-electron chi connectivity index (χ3n) is 4.24. The van der Waals surface area contributed by atoms with Crippen LogP contribution in [0.25, 0.3) is 0 Å². The second-order valence-corrected chi connectivity index (χ2v) is 6.14. The Labute approximate surface area is 108 Å². The number of esters is 1. The van der Waals surface area contributed by atoms with Crippen molar-refractivity contribution in [1.29, 1.82) is 0 Å². The number of nitrogens with one attached hydrogen (secondary N) is 1. The molecule has 3 saturated carbocycles. The lowest BCUT2D eigenvalue weighted by Gasteiger charge is -2.71. The van der Waals surface area contributed by atoms with Gasteiger partial charge in [0.2, 0.25) is 5.91 Å². The minimum atomic E-state index is -0.188. The van der Waals surface area contributed by atoms with Crippen LogP contribution in [0.2, 0.25) is 0 Å². The number of hydrogen-bond acceptors (Lipinski definition) is 3. The minimum absolute atomic E-state index is 0.102. The number of carbonyl (C=O) groups excluding carboxylic acids is 2. The van der Waals surface area contributed by atoms with Crippen LogP contribution in [0, 0.1) is 5.41 Å². The van der Waals surface area contributed by atoms with Crippen molar-refractivity contribution in [3.05, 3.63) is 0 Å². The van der Waals surface area contributed by atoms with Gasteiger partial charge in [-0.3, -0.25) is 9.59 Å². The first-order valence-electron chi connectivity index (χ1n) is 6.88. The van der Waals surface area contributed by atoms with Crippen molar-refractivity contribution < 1.29 is 14.3 Å². The highest BCUT2D eigenvalue weighted by Crippen LogP contribution is 2.69. The molecule has 102 valence electrons. The van der Waals surface area contributed by atoms with Crippen molar-refractivity contribution in [3.63, 3.8) is 0 Å². The smallest absolute Gasteiger partial charge is 0.302 e. The van der Waals surface area contributed by atoms with Gasteiger partial charge in [-0.05, 0) is 37.5 Å². The van der Waals surface area contributed by atoms with Gasteiger partial charge in [-0.25, -0.2) is 0 Å². The molecular weight excluding hydrogens is 230 g/mol. The number of unbranched alkanes of at least 4 members (excludes halogenated alkanes) is 2. The van der Waals surface area contributed by atoms with Gasteiger partial charge in [0, 0.05) is 19.4 Å². The first-order valence-corrected chi connectivity index (χ1v) is 6.88. The molecule has 0 aromatic heterocycles. The van der Waals surface area contributed by atoms with Crippen molar-refractivity contribution >= 4 is 11.9 Å². The Morgan fingerprint density at radius 2 is 1.78 bits per heavy atom. The number of ether oxygens (including phenoxy) is 1. The summed E-state index contributed by atoms with van der Waals surface area (Å²) >= 11 is 0. The van der Waals surface area contributed by atoms with E-state index in [4.69, 9.17) is 4.74 Å². The predicted molar refractivity (Wildman–Crippen MR) is 67.9 cm³/mol. The zero-order valence-corrected chi connectivity index (χ0v) is 11.4. The Morgan fingerprint density at radius 3 is 2.33 bits per heavy atom. The maximum Gasteiger partial charge on any atom is 0.302 e. The van der Waals surface area contributed by atoms with Gasteiger partial charge in [0.05, 0.1) is 6.61 Å². The molecule has 0 aromatic carbocycles. The predicted octanol–water partition coefficient (Wildman–Crippen LogP) is 2.17. The van der Waals surface area contributed by atoms with Gasteiger partial charge in [0.15, 0.2) is 0 Å². The zero-order chi connectivity index (χ0) is 13.2. The lowest BCUT2D eigenvalue weighted by atomic mass is 9.38. The summed E-state index contributed by atoms with van der Waals surface area (Å²) in [7, 11) is 0. The molecule has 3 rings (SSSR count). The van der Waals surface area contributed by atoms with Crippen LogP contribution in [0.5, 0.6) is 0 Å². The molecule has 3 aliphatic rings. The van der Waals surface area contributed by atoms with E-state index < -0.39 is 0 Å². The van der Waals surface area contributed by atoms with Crippen molar-refractivity contribution in [1.82, 2.24) is 5.32 Å². The summed E-state index contributed by atoms with van der Waals surface area (Å²) < 4.78 is 4.90. The van der Waals surface area contributed by atoms with E-state index in [1.165, 1.54) is 39.0 Å². The van der Waals surface area contributed by atoms with Crippen LogP contribution in [0.4, 0.5) is 0 Å². The van der Waals surface area contributed by atoms with E-state index in [2.05, 4.69) is 5.32 Å². The van der Waals surface area contributed by atoms with Crippen LogP contribution in [-0.4, -0.2) is 24.0 Å². The number of rotatable bonds is 7. The summed E-state index contributed by atoms with van der Waals surface area (Å²) in [6, 6.07) is 0. The topological polar surface area (TPSA) is 55.4 Å². The summed E-state index contributed by atoms with van der Waals surface area (Å²) in [5, 5.41) is 3.07. The van der Waals surface area contributed by atoms with Gasteiger partial charge < -0.3 is 10.1 Å². The van der Waals surface area contributed by atoms with Crippen molar-refractivity contribution in [2.45, 2.75) is 64.3 Å². The summed E-state index contributed by atoms with van der Waals surface area (Å²) in [4.78, 5) is 21.6. The van der Waals surface area contributed by atoms with E-state index >= 15 is 0 Å². The SMILES string of the molecule is CC(=O)NC12CC(CCCCCOC(C)=O)(C1)C2. The number of carbonyl (C=O) groups is 2. The maximum atomic E-state index is 11.0. The highest BCUT2D eigenvalue weighted by atomic mass is 16.5. The Bertz CT molecular complexity index is 331. The maximum absolute atomic E-state index is 11.0. The molecule has 1 N–H and O–H groups in total. The molecule has 1 amide bonds. The van der Waals surface area contributed by atoms with E-state index in [1.54, 1.807) is 6.92 Å². The molecule has 0 saturated heterocycles. The molecule has 3 fully saturated rings. The molecule has 0 aliphatic heterocycles. The molecule has 0 unspecified atom stereocenters. The van der Waals surface area contributed by atoms with Crippen LogP contribution in [0.3, 0.4) is 0 Å². The highest BCUT2D eigenvalue weighted by Gasteiger charge is 2.67. The van der Waals surface area contributed by atoms with Crippen LogP contribution in [-0.2, 0) is 14.3 Å². The quantitative estimate of drug-likeness (QED) is 0.559. The van der Waals surface area contributed by atoms with Crippen LogP contribution >= 0.6 is 0 Å². The largest absolute Gasteiger partial charge is 0.466 e. The summed E-state index contributed by atoms with van der Waals surface area (Å²) in [6.07, 6.45) is 8.07. The van der Waals surface area contributed by atoms with E-state index in [9.17, 15) is 9.59 Å². The lowest BCUT2D eigenvalue weighted by molar-refractivity contribution is -0.168. The van der Waals surface area contributed by atoms with Crippen molar-refractivity contribution in [3.8, 4) is 0 Å². The van der Waals surface area contributed by atoms with E-state index in [0.29, 0.717) is 12.0 Å². The standard InChI is InChI=1S/C14H23NO3/c1-11(16)15-14-8-13(9-14,10-14)6-4-3-5-7-18-12(2)17/h3-10H2,1-2H3,(H,15,16). The Kier molecular flexibility index (Phi) is 3.64. The van der Waals surface area contributed by atoms with Crippen LogP contribution < -0.4 is 5.32 Å². The Balaban J connectivity index is 1.51. The van der Waals surface area contributed by atoms with E-state index in [-0.39, 0.29) is 17.4 Å². The molecule has 0 spiro atoms. The van der Waals surface area contributed by atoms with Gasteiger partial charge in [-0.2, -0.15) is 0 Å². The molecule has 18 heavy (non-hydrogen) atoms. The lowest BCUT2D eigenvalue weighted by Crippen LogP contribution is -2.74. The second kappa shape index (κ2) is 4.90. The fraction of sp³-hybridized carbons (Fsp3) is 0.857. The minimum Gasteiger partial charge on any atom is -0.466 e. The molecule has 0 radical (unpaired) electrons. The Hall–Kier alpha value is -1.06. The van der Waals surface area contributed by atoms with E-state index in [0.717, 1.165) is 12.8 Å². The summed E-state index contributed by atoms with van der Waals surface area (Å²) in [6.45, 7) is 3.60. The molecule has 4 heteroatoms. The molecule has 4 nitrogen and oxygen atoms in total. The van der Waals surface area contributed by atoms with E-state index in [1.807, 2.05) is 0 Å². The van der Waals surface area contributed by atoms with Crippen LogP contribution in [0.1, 0.15) is 58.8 Å². The third kappa shape index (κ3) is 2.85. The Morgan fingerprint density at radius 1 is 1.11 bits per heavy atom. The van der Waals surface area contributed by atoms with Crippen molar-refractivity contribution in [2.75, 3.05) is 6.61 Å². The van der Waals surface area contributed by atoms with Gasteiger partial charge in [0.1, 0.15) is 0 Å². The van der Waals surface area contributed by atoms with Crippen LogP contribution in [0.15, 0.2) is 0 Å². The molecule has 0 aromatic rings.